The van der Waals surface area contributed by atoms with Crippen molar-refractivity contribution < 1.29 is 22.6 Å². The van der Waals surface area contributed by atoms with Gasteiger partial charge in [-0.1, -0.05) is 4.33 Å². The van der Waals surface area contributed by atoms with E-state index in [-0.39, 0.29) is 24.7 Å². The van der Waals surface area contributed by atoms with E-state index in [1.54, 1.807) is 0 Å². The molecular weight excluding hydrogens is 176 g/mol. The molecule has 0 rings (SSSR count). The fraction of sp³-hybridized carbons (Fsp3) is 0. The Labute approximate surface area is 58.5 Å². The summed E-state index contributed by atoms with van der Waals surface area (Å²) in [4.78, 5) is 0. The molecule has 8 N–H and O–H groups in total. The highest BCUT2D eigenvalue weighted by Gasteiger charge is 1.97. The third-order valence-electron chi connectivity index (χ3n) is 0.0942. The molecule has 62 valence electrons. The van der Waals surface area contributed by atoms with Crippen LogP contribution in [0.1, 0.15) is 0 Å². The minimum Gasteiger partial charge on any atom is -0.344 e. The summed E-state index contributed by atoms with van der Waals surface area (Å²) in [6, 6.07) is 0. The summed E-state index contributed by atoms with van der Waals surface area (Å²) in [5.74, 6) is 0. The lowest BCUT2D eigenvalue weighted by Crippen LogP contribution is -1.97. The Hall–Kier alpha value is 0.0400. The van der Waals surface area contributed by atoms with Crippen LogP contribution in [0.3, 0.4) is 0 Å². The van der Waals surface area contributed by atoms with Gasteiger partial charge in [-0.05, 0) is 0 Å². The van der Waals surface area contributed by atoms with Gasteiger partial charge >= 0.3 is 10.4 Å². The molecule has 0 saturated carbocycles. The van der Waals surface area contributed by atoms with Gasteiger partial charge in [-0.2, -0.15) is 8.42 Å². The van der Waals surface area contributed by atoms with Gasteiger partial charge in [-0.15, -0.1) is 12.4 Å². The molecule has 0 aromatic heterocycles. The van der Waals surface area contributed by atoms with Crippen LogP contribution in [0.5, 0.6) is 0 Å². The van der Waals surface area contributed by atoms with Crippen molar-refractivity contribution in [1.29, 1.82) is 0 Å². The van der Waals surface area contributed by atoms with Gasteiger partial charge in [-0.3, -0.25) is 4.55 Å². The van der Waals surface area contributed by atoms with Crippen molar-refractivity contribution in [2.45, 2.75) is 0 Å². The number of hydrogen-bond donors (Lipinski definition) is 4. The maximum atomic E-state index is 9.08. The van der Waals surface area contributed by atoms with Gasteiger partial charge in [0.05, 0.1) is 0 Å². The second-order valence-electron chi connectivity index (χ2n) is 0.502. The lowest BCUT2D eigenvalue weighted by Gasteiger charge is -1.79. The lowest BCUT2D eigenvalue weighted by molar-refractivity contribution is -0.139. The molecule has 0 saturated heterocycles. The average Bonchev–Trinajstić information content (AvgIpc) is 1.35. The highest BCUT2D eigenvalue weighted by molar-refractivity contribution is 7.80. The van der Waals surface area contributed by atoms with Crippen molar-refractivity contribution in [1.82, 2.24) is 12.3 Å². The summed E-state index contributed by atoms with van der Waals surface area (Å²) in [6.07, 6.45) is 0. The molecule has 0 aromatic carbocycles. The van der Waals surface area contributed by atoms with Gasteiger partial charge < -0.3 is 12.3 Å². The standard InChI is InChI=1S/ClH.2H3N.H2O5S/c;;;1-5-6(2,3)4/h1H;2*1H3;1H,(H,2,3,4). The second kappa shape index (κ2) is 8.04. The summed E-state index contributed by atoms with van der Waals surface area (Å²) in [5.41, 5.74) is 0. The summed E-state index contributed by atoms with van der Waals surface area (Å²) >= 11 is 0. The summed E-state index contributed by atoms with van der Waals surface area (Å²) < 4.78 is 28.0. The molecule has 0 spiro atoms. The Kier molecular flexibility index (Phi) is 20.6. The van der Waals surface area contributed by atoms with Gasteiger partial charge in [0.25, 0.3) is 0 Å². The third-order valence-corrected chi connectivity index (χ3v) is 0.283. The van der Waals surface area contributed by atoms with E-state index in [9.17, 15) is 0 Å². The molecule has 9 heteroatoms. The van der Waals surface area contributed by atoms with Crippen LogP contribution in [0, 0.1) is 0 Å². The Bertz CT molecular complexity index is 117. The largest absolute Gasteiger partial charge is 0.423 e. The first-order valence-corrected chi connectivity index (χ1v) is 2.23. The molecule has 7 nitrogen and oxygen atoms in total. The minimum atomic E-state index is -4.61. The van der Waals surface area contributed by atoms with Crippen LogP contribution >= 0.6 is 12.4 Å². The summed E-state index contributed by atoms with van der Waals surface area (Å²) in [5, 5.41) is 7.06. The van der Waals surface area contributed by atoms with Crippen molar-refractivity contribution >= 4 is 22.8 Å². The first kappa shape index (κ1) is 23.0. The van der Waals surface area contributed by atoms with E-state index in [1.165, 1.54) is 0 Å². The molecular formula is H9ClN2O5S. The van der Waals surface area contributed by atoms with Crippen molar-refractivity contribution in [2.75, 3.05) is 0 Å². The molecule has 0 bridgehead atoms. The molecule has 0 unspecified atom stereocenters. The monoisotopic (exact) mass is 184 g/mol. The topological polar surface area (TPSA) is 154 Å². The van der Waals surface area contributed by atoms with Crippen LogP contribution < -0.4 is 12.3 Å². The first-order chi connectivity index (χ1) is 2.56. The molecule has 0 aliphatic carbocycles. The van der Waals surface area contributed by atoms with Gasteiger partial charge in [0.1, 0.15) is 0 Å². The van der Waals surface area contributed by atoms with E-state index in [2.05, 4.69) is 4.33 Å². The van der Waals surface area contributed by atoms with Crippen LogP contribution in [0.4, 0.5) is 0 Å². The molecule has 0 amide bonds. The average molecular weight is 185 g/mol. The highest BCUT2D eigenvalue weighted by Crippen LogP contribution is 1.74. The fourth-order valence-electron chi connectivity index (χ4n) is 0. The molecule has 0 radical (unpaired) electrons. The Morgan fingerprint density at radius 1 is 1.22 bits per heavy atom. The molecule has 0 aromatic rings. The van der Waals surface area contributed by atoms with Crippen LogP contribution in [-0.2, 0) is 14.7 Å². The normalized spacial score (nSPS) is 7.78. The van der Waals surface area contributed by atoms with E-state index in [4.69, 9.17) is 18.2 Å². The predicted octanol–water partition coefficient (Wildman–Crippen LogP) is 0.0246. The Morgan fingerprint density at radius 2 is 1.33 bits per heavy atom. The SMILES string of the molecule is Cl.N.N.O=S(=O)(O)OO. The molecule has 0 atom stereocenters. The zero-order chi connectivity index (χ0) is 5.21. The number of hydrogen-bond acceptors (Lipinski definition) is 6. The zero-order valence-electron chi connectivity index (χ0n) is 4.35. The fourth-order valence-corrected chi connectivity index (χ4v) is 0. The summed E-state index contributed by atoms with van der Waals surface area (Å²) in [6.45, 7) is 0. The molecule has 0 fully saturated rings. The van der Waals surface area contributed by atoms with Gasteiger partial charge in [0.15, 0.2) is 0 Å². The maximum absolute atomic E-state index is 9.08. The van der Waals surface area contributed by atoms with E-state index >= 15 is 0 Å². The van der Waals surface area contributed by atoms with Crippen LogP contribution in [0.25, 0.3) is 0 Å². The van der Waals surface area contributed by atoms with Crippen molar-refractivity contribution in [2.24, 2.45) is 0 Å². The molecule has 0 heterocycles. The second-order valence-corrected chi connectivity index (χ2v) is 1.51. The van der Waals surface area contributed by atoms with Crippen LogP contribution in [0.15, 0.2) is 0 Å². The predicted molar refractivity (Wildman–Crippen MR) is 32.6 cm³/mol. The van der Waals surface area contributed by atoms with Gasteiger partial charge in [0.2, 0.25) is 0 Å². The molecule has 9 heavy (non-hydrogen) atoms. The van der Waals surface area contributed by atoms with Crippen molar-refractivity contribution in [3.8, 4) is 0 Å². The third kappa shape index (κ3) is 31.7. The summed E-state index contributed by atoms with van der Waals surface area (Å²) in [7, 11) is -4.61. The van der Waals surface area contributed by atoms with Crippen molar-refractivity contribution in [3.63, 3.8) is 0 Å². The lowest BCUT2D eigenvalue weighted by atomic mass is 14.0. The Balaban J connectivity index is -0.0000000417. The zero-order valence-corrected chi connectivity index (χ0v) is 5.98. The van der Waals surface area contributed by atoms with Crippen LogP contribution in [-0.4, -0.2) is 18.2 Å². The quantitative estimate of drug-likeness (QED) is 0.254. The highest BCUT2D eigenvalue weighted by atomic mass is 35.5. The number of rotatable bonds is 1. The van der Waals surface area contributed by atoms with Crippen molar-refractivity contribution in [3.05, 3.63) is 0 Å². The minimum absolute atomic E-state index is 0. The molecule has 0 aliphatic heterocycles. The van der Waals surface area contributed by atoms with Crippen LogP contribution in [0.2, 0.25) is 0 Å². The van der Waals surface area contributed by atoms with E-state index < -0.39 is 10.4 Å². The maximum Gasteiger partial charge on any atom is 0.423 e. The Morgan fingerprint density at radius 3 is 1.33 bits per heavy atom. The van der Waals surface area contributed by atoms with E-state index in [0.717, 1.165) is 0 Å². The van der Waals surface area contributed by atoms with E-state index in [1.807, 2.05) is 0 Å². The van der Waals surface area contributed by atoms with E-state index in [0.29, 0.717) is 0 Å². The van der Waals surface area contributed by atoms with Gasteiger partial charge in [0, 0.05) is 0 Å². The molecule has 0 aliphatic rings. The first-order valence-electron chi connectivity index (χ1n) is 0.865. The number of halogens is 1. The smallest absolute Gasteiger partial charge is 0.344 e. The van der Waals surface area contributed by atoms with Gasteiger partial charge in [-0.25, -0.2) is 5.26 Å².